The molecule has 0 atom stereocenters. The second-order valence-corrected chi connectivity index (χ2v) is 5.24. The number of nitrogens with one attached hydrogen (secondary N) is 2. The summed E-state index contributed by atoms with van der Waals surface area (Å²) in [6.07, 6.45) is -4.55. The standard InChI is InChI=1S/C16H14ClF3N2O3/c1-24-10-4-6-14(25-2)13(8-10)22-15(23)21-12-7-9(16(18,19)20)3-5-11(12)17/h3-8H,1-2H3,(H2,21,22,23). The fraction of sp³-hybridized carbons (Fsp3) is 0.188. The molecule has 134 valence electrons. The van der Waals surface area contributed by atoms with Gasteiger partial charge in [-0.2, -0.15) is 13.2 Å². The van der Waals surface area contributed by atoms with Crippen molar-refractivity contribution < 1.29 is 27.4 Å². The maximum atomic E-state index is 12.8. The molecule has 0 aliphatic carbocycles. The molecule has 0 aliphatic heterocycles. The fourth-order valence-electron chi connectivity index (χ4n) is 1.99. The Bertz CT molecular complexity index is 782. The average molecular weight is 375 g/mol. The highest BCUT2D eigenvalue weighted by Crippen LogP contribution is 2.34. The summed E-state index contributed by atoms with van der Waals surface area (Å²) in [5.74, 6) is 0.819. The van der Waals surface area contributed by atoms with Crippen LogP contribution in [0.4, 0.5) is 29.3 Å². The van der Waals surface area contributed by atoms with Crippen molar-refractivity contribution in [2.45, 2.75) is 6.18 Å². The third kappa shape index (κ3) is 4.69. The highest BCUT2D eigenvalue weighted by molar-refractivity contribution is 6.33. The van der Waals surface area contributed by atoms with Gasteiger partial charge in [0.15, 0.2) is 0 Å². The Morgan fingerprint density at radius 2 is 1.68 bits per heavy atom. The van der Waals surface area contributed by atoms with Crippen LogP contribution in [-0.2, 0) is 6.18 Å². The Labute approximate surface area is 146 Å². The molecular weight excluding hydrogens is 361 g/mol. The van der Waals surface area contributed by atoms with E-state index in [-0.39, 0.29) is 16.4 Å². The van der Waals surface area contributed by atoms with Crippen molar-refractivity contribution in [1.29, 1.82) is 0 Å². The molecule has 0 saturated carbocycles. The number of rotatable bonds is 4. The monoisotopic (exact) mass is 374 g/mol. The van der Waals surface area contributed by atoms with Gasteiger partial charge >= 0.3 is 12.2 Å². The molecule has 0 unspecified atom stereocenters. The van der Waals surface area contributed by atoms with Crippen LogP contribution in [0.15, 0.2) is 36.4 Å². The SMILES string of the molecule is COc1ccc(OC)c(NC(=O)Nc2cc(C(F)(F)F)ccc2Cl)c1. The minimum absolute atomic E-state index is 0.0271. The first-order valence-electron chi connectivity index (χ1n) is 6.91. The Balaban J connectivity index is 2.21. The lowest BCUT2D eigenvalue weighted by molar-refractivity contribution is -0.137. The van der Waals surface area contributed by atoms with Crippen LogP contribution in [0.2, 0.25) is 5.02 Å². The number of methoxy groups -OCH3 is 2. The molecule has 0 aromatic heterocycles. The van der Waals surface area contributed by atoms with Gasteiger partial charge in [0, 0.05) is 6.07 Å². The van der Waals surface area contributed by atoms with E-state index in [1.165, 1.54) is 20.3 Å². The molecule has 25 heavy (non-hydrogen) atoms. The molecule has 2 aromatic carbocycles. The molecule has 0 heterocycles. The van der Waals surface area contributed by atoms with Crippen molar-refractivity contribution in [3.63, 3.8) is 0 Å². The van der Waals surface area contributed by atoms with Gasteiger partial charge in [0.05, 0.1) is 36.2 Å². The number of carbonyl (C=O) groups is 1. The number of carbonyl (C=O) groups excluding carboxylic acids is 1. The zero-order valence-corrected chi connectivity index (χ0v) is 14.0. The van der Waals surface area contributed by atoms with E-state index >= 15 is 0 Å². The van der Waals surface area contributed by atoms with E-state index in [1.807, 2.05) is 0 Å². The maximum Gasteiger partial charge on any atom is 0.416 e. The second-order valence-electron chi connectivity index (χ2n) is 4.84. The molecule has 0 saturated heterocycles. The van der Waals surface area contributed by atoms with Crippen LogP contribution in [0.1, 0.15) is 5.56 Å². The van der Waals surface area contributed by atoms with Crippen LogP contribution in [0.25, 0.3) is 0 Å². The number of halogens is 4. The van der Waals surface area contributed by atoms with Crippen molar-refractivity contribution >= 4 is 29.0 Å². The molecular formula is C16H14ClF3N2O3. The first-order valence-corrected chi connectivity index (χ1v) is 7.29. The topological polar surface area (TPSA) is 59.6 Å². The van der Waals surface area contributed by atoms with Crippen molar-refractivity contribution in [3.8, 4) is 11.5 Å². The largest absolute Gasteiger partial charge is 0.497 e. The van der Waals surface area contributed by atoms with Crippen LogP contribution >= 0.6 is 11.6 Å². The number of alkyl halides is 3. The Kier molecular flexibility index (Phi) is 5.63. The number of amides is 2. The van der Waals surface area contributed by atoms with E-state index < -0.39 is 17.8 Å². The lowest BCUT2D eigenvalue weighted by Crippen LogP contribution is -2.20. The van der Waals surface area contributed by atoms with E-state index in [1.54, 1.807) is 12.1 Å². The molecule has 0 aliphatic rings. The van der Waals surface area contributed by atoms with Crippen LogP contribution in [0, 0.1) is 0 Å². The summed E-state index contributed by atoms with van der Waals surface area (Å²) in [6, 6.07) is 6.57. The minimum atomic E-state index is -4.55. The predicted octanol–water partition coefficient (Wildman–Crippen LogP) is 5.02. The van der Waals surface area contributed by atoms with Gasteiger partial charge in [-0.1, -0.05) is 11.6 Å². The van der Waals surface area contributed by atoms with Gasteiger partial charge in [0.1, 0.15) is 11.5 Å². The van der Waals surface area contributed by atoms with Crippen LogP contribution < -0.4 is 20.1 Å². The zero-order chi connectivity index (χ0) is 18.6. The quantitative estimate of drug-likeness (QED) is 0.790. The summed E-state index contributed by atoms with van der Waals surface area (Å²) in [5, 5.41) is 4.73. The number of hydrogen-bond acceptors (Lipinski definition) is 3. The first-order chi connectivity index (χ1) is 11.7. The summed E-state index contributed by atoms with van der Waals surface area (Å²) < 4.78 is 48.5. The molecule has 0 fully saturated rings. The van der Waals surface area contributed by atoms with Gasteiger partial charge in [-0.3, -0.25) is 0 Å². The van der Waals surface area contributed by atoms with Gasteiger partial charge < -0.3 is 20.1 Å². The van der Waals surface area contributed by atoms with Crippen LogP contribution in [0.3, 0.4) is 0 Å². The average Bonchev–Trinajstić information content (AvgIpc) is 2.55. The number of ether oxygens (including phenoxy) is 2. The highest BCUT2D eigenvalue weighted by atomic mass is 35.5. The first kappa shape index (κ1) is 18.7. The van der Waals surface area contributed by atoms with Crippen LogP contribution in [0.5, 0.6) is 11.5 Å². The Morgan fingerprint density at radius 3 is 2.28 bits per heavy atom. The Hall–Kier alpha value is -2.61. The molecule has 2 amide bonds. The van der Waals surface area contributed by atoms with Gasteiger partial charge in [0.25, 0.3) is 0 Å². The molecule has 2 rings (SSSR count). The van der Waals surface area contributed by atoms with Crippen LogP contribution in [-0.4, -0.2) is 20.3 Å². The van der Waals surface area contributed by atoms with Crippen molar-refractivity contribution in [2.75, 3.05) is 24.9 Å². The number of hydrogen-bond donors (Lipinski definition) is 2. The second kappa shape index (κ2) is 7.52. The van der Waals surface area contributed by atoms with E-state index in [4.69, 9.17) is 21.1 Å². The molecule has 5 nitrogen and oxygen atoms in total. The van der Waals surface area contributed by atoms with Crippen molar-refractivity contribution in [2.24, 2.45) is 0 Å². The van der Waals surface area contributed by atoms with E-state index in [0.29, 0.717) is 11.5 Å². The van der Waals surface area contributed by atoms with E-state index in [9.17, 15) is 18.0 Å². The molecule has 9 heteroatoms. The fourth-order valence-corrected chi connectivity index (χ4v) is 2.15. The minimum Gasteiger partial charge on any atom is -0.497 e. The summed E-state index contributed by atoms with van der Waals surface area (Å²) >= 11 is 5.85. The van der Waals surface area contributed by atoms with E-state index in [2.05, 4.69) is 10.6 Å². The normalized spacial score (nSPS) is 11.0. The Morgan fingerprint density at radius 1 is 1.00 bits per heavy atom. The van der Waals surface area contributed by atoms with E-state index in [0.717, 1.165) is 18.2 Å². The summed E-state index contributed by atoms with van der Waals surface area (Å²) in [6.45, 7) is 0. The molecule has 2 aromatic rings. The predicted molar refractivity (Wildman–Crippen MR) is 88.6 cm³/mol. The maximum absolute atomic E-state index is 12.8. The van der Waals surface area contributed by atoms with Crippen molar-refractivity contribution in [3.05, 3.63) is 47.0 Å². The lowest BCUT2D eigenvalue weighted by atomic mass is 10.2. The number of anilines is 2. The zero-order valence-electron chi connectivity index (χ0n) is 13.2. The molecule has 2 N–H and O–H groups in total. The number of benzene rings is 2. The highest BCUT2D eigenvalue weighted by Gasteiger charge is 2.31. The summed E-state index contributed by atoms with van der Waals surface area (Å²) in [4.78, 5) is 12.1. The van der Waals surface area contributed by atoms with Gasteiger partial charge in [0.2, 0.25) is 0 Å². The van der Waals surface area contributed by atoms with Gasteiger partial charge in [-0.05, 0) is 30.3 Å². The third-order valence-corrected chi connectivity index (χ3v) is 3.53. The lowest BCUT2D eigenvalue weighted by Gasteiger charge is -2.14. The summed E-state index contributed by atoms with van der Waals surface area (Å²) in [7, 11) is 2.86. The van der Waals surface area contributed by atoms with Gasteiger partial charge in [-0.25, -0.2) is 4.79 Å². The van der Waals surface area contributed by atoms with Crippen molar-refractivity contribution in [1.82, 2.24) is 0 Å². The molecule has 0 bridgehead atoms. The van der Waals surface area contributed by atoms with Gasteiger partial charge in [-0.15, -0.1) is 0 Å². The third-order valence-electron chi connectivity index (χ3n) is 3.20. The molecule has 0 spiro atoms. The number of urea groups is 1. The molecule has 0 radical (unpaired) electrons. The smallest absolute Gasteiger partial charge is 0.416 e. The summed E-state index contributed by atoms with van der Waals surface area (Å²) in [5.41, 5.74) is -0.815.